The number of carbonyl (C=O) groups is 2. The Bertz CT molecular complexity index is 1140. The number of thiazole rings is 1. The van der Waals surface area contributed by atoms with Crippen molar-refractivity contribution in [3.05, 3.63) is 101 Å². The third kappa shape index (κ3) is 4.98. The molecular formula is C24H19N3O2S. The first-order valence-corrected chi connectivity index (χ1v) is 10.3. The van der Waals surface area contributed by atoms with E-state index in [1.54, 1.807) is 24.3 Å². The maximum absolute atomic E-state index is 12.5. The molecule has 148 valence electrons. The first-order chi connectivity index (χ1) is 14.7. The molecule has 1 heterocycles. The highest BCUT2D eigenvalue weighted by Gasteiger charge is 2.11. The Labute approximate surface area is 178 Å². The fourth-order valence-corrected chi connectivity index (χ4v) is 3.65. The van der Waals surface area contributed by atoms with Gasteiger partial charge in [-0.15, -0.1) is 11.3 Å². The van der Waals surface area contributed by atoms with Crippen molar-refractivity contribution in [3.8, 4) is 11.3 Å². The van der Waals surface area contributed by atoms with Crippen molar-refractivity contribution in [2.45, 2.75) is 6.42 Å². The number of hydrogen-bond donors (Lipinski definition) is 2. The van der Waals surface area contributed by atoms with Gasteiger partial charge in [-0.25, -0.2) is 4.98 Å². The first kappa shape index (κ1) is 19.5. The molecule has 2 N–H and O–H groups in total. The summed E-state index contributed by atoms with van der Waals surface area (Å²) in [5.41, 5.74) is 3.92. The van der Waals surface area contributed by atoms with Crippen LogP contribution in [0.15, 0.2) is 90.3 Å². The number of nitrogens with one attached hydrogen (secondary N) is 2. The third-order valence-corrected chi connectivity index (χ3v) is 5.19. The summed E-state index contributed by atoms with van der Waals surface area (Å²) in [7, 11) is 0. The first-order valence-electron chi connectivity index (χ1n) is 9.43. The van der Waals surface area contributed by atoms with Crippen LogP contribution in [-0.2, 0) is 11.2 Å². The Kier molecular flexibility index (Phi) is 5.96. The summed E-state index contributed by atoms with van der Waals surface area (Å²) in [4.78, 5) is 29.1. The summed E-state index contributed by atoms with van der Waals surface area (Å²) in [6.45, 7) is 0. The number of benzene rings is 3. The number of hydrogen-bond acceptors (Lipinski definition) is 4. The van der Waals surface area contributed by atoms with Crippen LogP contribution in [0.4, 0.5) is 10.8 Å². The van der Waals surface area contributed by atoms with E-state index in [9.17, 15) is 9.59 Å². The fourth-order valence-electron chi connectivity index (χ4n) is 2.93. The molecule has 1 aromatic heterocycles. The average molecular weight is 414 g/mol. The van der Waals surface area contributed by atoms with Crippen molar-refractivity contribution >= 4 is 34.0 Å². The predicted octanol–water partition coefficient (Wildman–Crippen LogP) is 5.24. The SMILES string of the molecule is O=C(Cc1ccccc1)Nc1ccc(C(=O)Nc2nc(-c3ccccc3)cs2)cc1. The van der Waals surface area contributed by atoms with Gasteiger partial charge in [-0.2, -0.15) is 0 Å². The van der Waals surface area contributed by atoms with Gasteiger partial charge in [0.2, 0.25) is 5.91 Å². The van der Waals surface area contributed by atoms with E-state index in [1.807, 2.05) is 66.0 Å². The Morgan fingerprint density at radius 2 is 1.47 bits per heavy atom. The molecule has 0 saturated heterocycles. The maximum Gasteiger partial charge on any atom is 0.257 e. The topological polar surface area (TPSA) is 71.1 Å². The number of nitrogens with zero attached hydrogens (tertiary/aromatic N) is 1. The van der Waals surface area contributed by atoms with Gasteiger partial charge in [-0.1, -0.05) is 60.7 Å². The zero-order valence-electron chi connectivity index (χ0n) is 16.0. The number of amides is 2. The van der Waals surface area contributed by atoms with Crippen LogP contribution >= 0.6 is 11.3 Å². The molecule has 4 rings (SSSR count). The monoisotopic (exact) mass is 413 g/mol. The number of carbonyl (C=O) groups excluding carboxylic acids is 2. The van der Waals surface area contributed by atoms with Gasteiger partial charge in [0.05, 0.1) is 12.1 Å². The molecule has 0 unspecified atom stereocenters. The van der Waals surface area contributed by atoms with Gasteiger partial charge >= 0.3 is 0 Å². The molecular weight excluding hydrogens is 394 g/mol. The highest BCUT2D eigenvalue weighted by Crippen LogP contribution is 2.25. The van der Waals surface area contributed by atoms with E-state index in [0.29, 0.717) is 22.8 Å². The second-order valence-electron chi connectivity index (χ2n) is 6.65. The quantitative estimate of drug-likeness (QED) is 0.454. The van der Waals surface area contributed by atoms with Crippen molar-refractivity contribution in [1.29, 1.82) is 0 Å². The van der Waals surface area contributed by atoms with Crippen LogP contribution in [0.25, 0.3) is 11.3 Å². The van der Waals surface area contributed by atoms with E-state index in [0.717, 1.165) is 16.8 Å². The minimum absolute atomic E-state index is 0.102. The summed E-state index contributed by atoms with van der Waals surface area (Å²) in [5.74, 6) is -0.347. The molecule has 0 bridgehead atoms. The molecule has 0 fully saturated rings. The van der Waals surface area contributed by atoms with E-state index >= 15 is 0 Å². The molecule has 0 saturated carbocycles. The molecule has 5 nitrogen and oxygen atoms in total. The van der Waals surface area contributed by atoms with Crippen LogP contribution in [0.3, 0.4) is 0 Å². The van der Waals surface area contributed by atoms with Gasteiger partial charge in [0.1, 0.15) is 0 Å². The zero-order valence-corrected chi connectivity index (χ0v) is 16.9. The largest absolute Gasteiger partial charge is 0.326 e. The molecule has 6 heteroatoms. The van der Waals surface area contributed by atoms with Crippen molar-refractivity contribution in [1.82, 2.24) is 4.98 Å². The second-order valence-corrected chi connectivity index (χ2v) is 7.50. The van der Waals surface area contributed by atoms with Crippen molar-refractivity contribution in [3.63, 3.8) is 0 Å². The average Bonchev–Trinajstić information content (AvgIpc) is 3.24. The maximum atomic E-state index is 12.5. The molecule has 3 aromatic carbocycles. The minimum atomic E-state index is -0.244. The number of rotatable bonds is 6. The number of aromatic nitrogens is 1. The predicted molar refractivity (Wildman–Crippen MR) is 121 cm³/mol. The van der Waals surface area contributed by atoms with E-state index in [2.05, 4.69) is 15.6 Å². The number of anilines is 2. The molecule has 0 aliphatic rings. The molecule has 4 aromatic rings. The van der Waals surface area contributed by atoms with Crippen molar-refractivity contribution < 1.29 is 9.59 Å². The molecule has 0 radical (unpaired) electrons. The van der Waals surface area contributed by atoms with Crippen LogP contribution in [0, 0.1) is 0 Å². The van der Waals surface area contributed by atoms with Gasteiger partial charge < -0.3 is 5.32 Å². The molecule has 30 heavy (non-hydrogen) atoms. The Balaban J connectivity index is 1.35. The van der Waals surface area contributed by atoms with Crippen molar-refractivity contribution in [2.24, 2.45) is 0 Å². The summed E-state index contributed by atoms with van der Waals surface area (Å²) < 4.78 is 0. The van der Waals surface area contributed by atoms with E-state index < -0.39 is 0 Å². The normalized spacial score (nSPS) is 10.4. The lowest BCUT2D eigenvalue weighted by Crippen LogP contribution is -2.15. The summed E-state index contributed by atoms with van der Waals surface area (Å²) in [5, 5.41) is 8.12. The van der Waals surface area contributed by atoms with E-state index in [4.69, 9.17) is 0 Å². The molecule has 0 spiro atoms. The van der Waals surface area contributed by atoms with Gasteiger partial charge in [0.25, 0.3) is 5.91 Å². The van der Waals surface area contributed by atoms with Crippen LogP contribution < -0.4 is 10.6 Å². The summed E-state index contributed by atoms with van der Waals surface area (Å²) in [6, 6.07) is 26.2. The summed E-state index contributed by atoms with van der Waals surface area (Å²) in [6.07, 6.45) is 0.302. The van der Waals surface area contributed by atoms with Crippen LogP contribution in [0.2, 0.25) is 0 Å². The lowest BCUT2D eigenvalue weighted by molar-refractivity contribution is -0.115. The summed E-state index contributed by atoms with van der Waals surface area (Å²) >= 11 is 1.38. The van der Waals surface area contributed by atoms with Crippen LogP contribution in [0.5, 0.6) is 0 Å². The molecule has 2 amide bonds. The third-order valence-electron chi connectivity index (χ3n) is 4.43. The lowest BCUT2D eigenvalue weighted by Gasteiger charge is -2.07. The molecule has 0 aliphatic carbocycles. The zero-order chi connectivity index (χ0) is 20.8. The molecule has 0 atom stereocenters. The van der Waals surface area contributed by atoms with E-state index in [1.165, 1.54) is 11.3 Å². The highest BCUT2D eigenvalue weighted by atomic mass is 32.1. The standard InChI is InChI=1S/C24H19N3O2S/c28-22(15-17-7-3-1-4-8-17)25-20-13-11-19(12-14-20)23(29)27-24-26-21(16-30-24)18-9-5-2-6-10-18/h1-14,16H,15H2,(H,25,28)(H,26,27,29). The van der Waals surface area contributed by atoms with Crippen LogP contribution in [-0.4, -0.2) is 16.8 Å². The smallest absolute Gasteiger partial charge is 0.257 e. The Morgan fingerprint density at radius 1 is 0.800 bits per heavy atom. The van der Waals surface area contributed by atoms with Crippen LogP contribution in [0.1, 0.15) is 15.9 Å². The van der Waals surface area contributed by atoms with Gasteiger partial charge in [-0.3, -0.25) is 14.9 Å². The Hall–Kier alpha value is -3.77. The minimum Gasteiger partial charge on any atom is -0.326 e. The van der Waals surface area contributed by atoms with Crippen molar-refractivity contribution in [2.75, 3.05) is 10.6 Å². The fraction of sp³-hybridized carbons (Fsp3) is 0.0417. The van der Waals surface area contributed by atoms with Gasteiger partial charge in [-0.05, 0) is 29.8 Å². The molecule has 0 aliphatic heterocycles. The van der Waals surface area contributed by atoms with Gasteiger partial charge in [0.15, 0.2) is 5.13 Å². The van der Waals surface area contributed by atoms with E-state index in [-0.39, 0.29) is 11.8 Å². The lowest BCUT2D eigenvalue weighted by atomic mass is 10.1. The van der Waals surface area contributed by atoms with Gasteiger partial charge in [0, 0.05) is 22.2 Å². The Morgan fingerprint density at radius 3 is 2.17 bits per heavy atom. The highest BCUT2D eigenvalue weighted by molar-refractivity contribution is 7.14. The second kappa shape index (κ2) is 9.15.